The zero-order chi connectivity index (χ0) is 14.1. The van der Waals surface area contributed by atoms with E-state index < -0.39 is 11.6 Å². The largest absolute Gasteiger partial charge is 0.352 e. The van der Waals surface area contributed by atoms with Gasteiger partial charge in [-0.1, -0.05) is 22.0 Å². The van der Waals surface area contributed by atoms with Crippen LogP contribution in [0.3, 0.4) is 0 Å². The standard InChI is InChI=1S/C14H10BrF2N3/c15-9-2-4-12-13(6-9)20-14(19-12)18-7-8-1-3-10(16)11(17)5-8/h1-6H,7H2,(H2,18,19,20). The first-order valence-corrected chi connectivity index (χ1v) is 6.74. The quantitative estimate of drug-likeness (QED) is 0.751. The minimum Gasteiger partial charge on any atom is -0.352 e. The lowest BCUT2D eigenvalue weighted by atomic mass is 10.2. The summed E-state index contributed by atoms with van der Waals surface area (Å²) in [6.07, 6.45) is 0. The highest BCUT2D eigenvalue weighted by molar-refractivity contribution is 9.10. The number of nitrogens with one attached hydrogen (secondary N) is 2. The van der Waals surface area contributed by atoms with Gasteiger partial charge in [0.2, 0.25) is 5.95 Å². The summed E-state index contributed by atoms with van der Waals surface area (Å²) >= 11 is 3.39. The van der Waals surface area contributed by atoms with Gasteiger partial charge in [-0.25, -0.2) is 13.8 Å². The minimum absolute atomic E-state index is 0.359. The second kappa shape index (κ2) is 5.20. The van der Waals surface area contributed by atoms with E-state index in [0.717, 1.165) is 21.6 Å². The number of rotatable bonds is 3. The van der Waals surface area contributed by atoms with E-state index in [1.54, 1.807) is 0 Å². The molecule has 3 rings (SSSR count). The van der Waals surface area contributed by atoms with Crippen molar-refractivity contribution in [2.24, 2.45) is 0 Å². The maximum absolute atomic E-state index is 13.1. The topological polar surface area (TPSA) is 40.7 Å². The van der Waals surface area contributed by atoms with E-state index in [-0.39, 0.29) is 0 Å². The molecular formula is C14H10BrF2N3. The molecule has 6 heteroatoms. The van der Waals surface area contributed by atoms with Crippen LogP contribution in [0, 0.1) is 11.6 Å². The van der Waals surface area contributed by atoms with E-state index in [4.69, 9.17) is 0 Å². The van der Waals surface area contributed by atoms with Gasteiger partial charge in [0, 0.05) is 11.0 Å². The van der Waals surface area contributed by atoms with Crippen molar-refractivity contribution in [2.75, 3.05) is 5.32 Å². The van der Waals surface area contributed by atoms with Crippen molar-refractivity contribution < 1.29 is 8.78 Å². The number of imidazole rings is 1. The Morgan fingerprint density at radius 1 is 1.10 bits per heavy atom. The second-order valence-corrected chi connectivity index (χ2v) is 5.26. The van der Waals surface area contributed by atoms with Crippen LogP contribution in [0.5, 0.6) is 0 Å². The predicted molar refractivity (Wildman–Crippen MR) is 77.5 cm³/mol. The van der Waals surface area contributed by atoms with Crippen LogP contribution in [-0.2, 0) is 6.54 Å². The van der Waals surface area contributed by atoms with Crippen LogP contribution in [-0.4, -0.2) is 9.97 Å². The van der Waals surface area contributed by atoms with Gasteiger partial charge in [-0.15, -0.1) is 0 Å². The predicted octanol–water partition coefficient (Wildman–Crippen LogP) is 4.22. The Hall–Kier alpha value is -1.95. The van der Waals surface area contributed by atoms with Crippen molar-refractivity contribution in [3.8, 4) is 0 Å². The number of H-pyrrole nitrogens is 1. The Morgan fingerprint density at radius 3 is 2.75 bits per heavy atom. The molecule has 20 heavy (non-hydrogen) atoms. The highest BCUT2D eigenvalue weighted by atomic mass is 79.9. The summed E-state index contributed by atoms with van der Waals surface area (Å²) in [4.78, 5) is 7.47. The van der Waals surface area contributed by atoms with Crippen molar-refractivity contribution >= 4 is 32.9 Å². The number of benzene rings is 2. The Kier molecular flexibility index (Phi) is 3.40. The van der Waals surface area contributed by atoms with Crippen molar-refractivity contribution in [2.45, 2.75) is 6.54 Å². The Bertz CT molecular complexity index is 770. The molecule has 2 aromatic carbocycles. The van der Waals surface area contributed by atoms with E-state index in [2.05, 4.69) is 31.2 Å². The lowest BCUT2D eigenvalue weighted by molar-refractivity contribution is 0.507. The van der Waals surface area contributed by atoms with Gasteiger partial charge in [-0.05, 0) is 35.9 Å². The number of aromatic amines is 1. The van der Waals surface area contributed by atoms with E-state index in [1.165, 1.54) is 12.1 Å². The molecule has 0 radical (unpaired) electrons. The number of hydrogen-bond donors (Lipinski definition) is 2. The fraction of sp³-hybridized carbons (Fsp3) is 0.0714. The van der Waals surface area contributed by atoms with Gasteiger partial charge in [-0.3, -0.25) is 0 Å². The van der Waals surface area contributed by atoms with Gasteiger partial charge >= 0.3 is 0 Å². The van der Waals surface area contributed by atoms with Gasteiger partial charge < -0.3 is 10.3 Å². The van der Waals surface area contributed by atoms with Crippen molar-refractivity contribution in [3.05, 3.63) is 58.1 Å². The van der Waals surface area contributed by atoms with Crippen LogP contribution >= 0.6 is 15.9 Å². The smallest absolute Gasteiger partial charge is 0.201 e. The third-order valence-electron chi connectivity index (χ3n) is 2.89. The fourth-order valence-electron chi connectivity index (χ4n) is 1.90. The average Bonchev–Trinajstić information content (AvgIpc) is 2.82. The molecule has 0 spiro atoms. The van der Waals surface area contributed by atoms with Gasteiger partial charge in [0.15, 0.2) is 11.6 Å². The Labute approximate surface area is 122 Å². The summed E-state index contributed by atoms with van der Waals surface area (Å²) in [6.45, 7) is 0.359. The summed E-state index contributed by atoms with van der Waals surface area (Å²) in [5.74, 6) is -1.11. The van der Waals surface area contributed by atoms with Crippen LogP contribution in [0.25, 0.3) is 11.0 Å². The maximum atomic E-state index is 13.1. The molecule has 0 unspecified atom stereocenters. The molecule has 0 aliphatic heterocycles. The molecule has 0 saturated carbocycles. The van der Waals surface area contributed by atoms with E-state index in [1.807, 2.05) is 18.2 Å². The minimum atomic E-state index is -0.849. The average molecular weight is 338 g/mol. The number of fused-ring (bicyclic) bond motifs is 1. The van der Waals surface area contributed by atoms with Crippen LogP contribution in [0.1, 0.15) is 5.56 Å². The van der Waals surface area contributed by atoms with Gasteiger partial charge in [0.05, 0.1) is 11.0 Å². The molecular weight excluding hydrogens is 328 g/mol. The molecule has 102 valence electrons. The Balaban J connectivity index is 1.77. The van der Waals surface area contributed by atoms with Crippen molar-refractivity contribution in [3.63, 3.8) is 0 Å². The molecule has 0 saturated heterocycles. The number of aromatic nitrogens is 2. The SMILES string of the molecule is Fc1ccc(CNc2nc3ccc(Br)cc3[nH]2)cc1F. The number of nitrogens with zero attached hydrogens (tertiary/aromatic N) is 1. The lowest BCUT2D eigenvalue weighted by Crippen LogP contribution is -2.01. The summed E-state index contributed by atoms with van der Waals surface area (Å²) in [5.41, 5.74) is 2.37. The normalized spacial score (nSPS) is 10.9. The van der Waals surface area contributed by atoms with E-state index in [0.29, 0.717) is 18.1 Å². The number of halogens is 3. The summed E-state index contributed by atoms with van der Waals surface area (Å²) < 4.78 is 26.9. The van der Waals surface area contributed by atoms with Crippen LogP contribution < -0.4 is 5.32 Å². The first-order chi connectivity index (χ1) is 9.61. The monoisotopic (exact) mass is 337 g/mol. The molecule has 1 heterocycles. The van der Waals surface area contributed by atoms with Crippen LogP contribution in [0.15, 0.2) is 40.9 Å². The second-order valence-electron chi connectivity index (χ2n) is 4.35. The number of hydrogen-bond acceptors (Lipinski definition) is 2. The molecule has 0 fully saturated rings. The third-order valence-corrected chi connectivity index (χ3v) is 3.38. The zero-order valence-electron chi connectivity index (χ0n) is 10.3. The van der Waals surface area contributed by atoms with Crippen molar-refractivity contribution in [1.82, 2.24) is 9.97 Å². The van der Waals surface area contributed by atoms with Gasteiger partial charge in [0.25, 0.3) is 0 Å². The highest BCUT2D eigenvalue weighted by Crippen LogP contribution is 2.19. The fourth-order valence-corrected chi connectivity index (χ4v) is 2.26. The highest BCUT2D eigenvalue weighted by Gasteiger charge is 2.05. The van der Waals surface area contributed by atoms with Crippen molar-refractivity contribution in [1.29, 1.82) is 0 Å². The molecule has 0 amide bonds. The summed E-state index contributed by atoms with van der Waals surface area (Å²) in [5, 5.41) is 3.05. The molecule has 1 aromatic heterocycles. The molecule has 0 bridgehead atoms. The van der Waals surface area contributed by atoms with Gasteiger partial charge in [-0.2, -0.15) is 0 Å². The molecule has 3 aromatic rings. The molecule has 3 nitrogen and oxygen atoms in total. The maximum Gasteiger partial charge on any atom is 0.201 e. The van der Waals surface area contributed by atoms with E-state index in [9.17, 15) is 8.78 Å². The third kappa shape index (κ3) is 2.65. The zero-order valence-corrected chi connectivity index (χ0v) is 11.8. The molecule has 0 aliphatic carbocycles. The molecule has 0 aliphatic rings. The summed E-state index contributed by atoms with van der Waals surface area (Å²) in [6, 6.07) is 9.53. The summed E-state index contributed by atoms with van der Waals surface area (Å²) in [7, 11) is 0. The van der Waals surface area contributed by atoms with Crippen LogP contribution in [0.2, 0.25) is 0 Å². The molecule has 2 N–H and O–H groups in total. The number of anilines is 1. The Morgan fingerprint density at radius 2 is 1.95 bits per heavy atom. The van der Waals surface area contributed by atoms with Gasteiger partial charge in [0.1, 0.15) is 0 Å². The van der Waals surface area contributed by atoms with Crippen LogP contribution in [0.4, 0.5) is 14.7 Å². The lowest BCUT2D eigenvalue weighted by Gasteiger charge is -2.03. The first kappa shape index (κ1) is 13.1. The molecule has 0 atom stereocenters. The van der Waals surface area contributed by atoms with E-state index >= 15 is 0 Å². The first-order valence-electron chi connectivity index (χ1n) is 5.95.